The molecule has 3 rings (SSSR count). The summed E-state index contributed by atoms with van der Waals surface area (Å²) in [6, 6.07) is 6.04. The smallest absolute Gasteiger partial charge is 0.329 e. The second kappa shape index (κ2) is 7.12. The van der Waals surface area contributed by atoms with Gasteiger partial charge in [-0.25, -0.2) is 9.18 Å². The van der Waals surface area contributed by atoms with Crippen LogP contribution in [0.3, 0.4) is 0 Å². The van der Waals surface area contributed by atoms with Crippen molar-refractivity contribution in [3.05, 3.63) is 56.5 Å². The second-order valence-corrected chi connectivity index (χ2v) is 6.37. The Morgan fingerprint density at radius 3 is 2.58 bits per heavy atom. The first-order chi connectivity index (χ1) is 12.4. The van der Waals surface area contributed by atoms with Crippen molar-refractivity contribution in [2.75, 3.05) is 32.5 Å². The number of rotatable bonds is 6. The zero-order valence-corrected chi connectivity index (χ0v) is 14.9. The number of hydrogen-bond acceptors (Lipinski definition) is 5. The van der Waals surface area contributed by atoms with Crippen LogP contribution in [-0.4, -0.2) is 51.2 Å². The van der Waals surface area contributed by atoms with E-state index in [0.717, 1.165) is 12.1 Å². The van der Waals surface area contributed by atoms with Gasteiger partial charge < -0.3 is 10.2 Å². The van der Waals surface area contributed by atoms with Crippen molar-refractivity contribution in [2.45, 2.75) is 6.54 Å². The summed E-state index contributed by atoms with van der Waals surface area (Å²) in [6.07, 6.45) is 0. The molecule has 0 aliphatic heterocycles. The summed E-state index contributed by atoms with van der Waals surface area (Å²) in [4.78, 5) is 33.0. The highest BCUT2D eigenvalue weighted by Gasteiger charge is 2.17. The Hall–Kier alpha value is -2.94. The Balaban J connectivity index is 2.09. The number of likely N-dealkylation sites (N-methyl/N-ethyl adjacent to an activating group) is 1. The highest BCUT2D eigenvalue weighted by atomic mass is 19.1. The Labute approximate surface area is 148 Å². The molecule has 2 heterocycles. The molecule has 0 saturated carbocycles. The first kappa shape index (κ1) is 17.9. The SMILES string of the molecule is CN(C)CCNc1nc2c(c(=O)[nH]c(=O)n2C)n1Cc1ccc(F)cc1. The molecule has 0 amide bonds. The van der Waals surface area contributed by atoms with Crippen LogP contribution in [0.4, 0.5) is 10.3 Å². The number of imidazole rings is 1. The highest BCUT2D eigenvalue weighted by molar-refractivity contribution is 5.74. The lowest BCUT2D eigenvalue weighted by molar-refractivity contribution is 0.424. The Morgan fingerprint density at radius 2 is 1.92 bits per heavy atom. The molecule has 138 valence electrons. The van der Waals surface area contributed by atoms with E-state index in [2.05, 4.69) is 15.3 Å². The fourth-order valence-corrected chi connectivity index (χ4v) is 2.69. The van der Waals surface area contributed by atoms with Gasteiger partial charge in [0.25, 0.3) is 5.56 Å². The molecule has 26 heavy (non-hydrogen) atoms. The molecule has 1 aromatic carbocycles. The Bertz CT molecular complexity index is 1030. The zero-order valence-electron chi connectivity index (χ0n) is 14.9. The first-order valence-electron chi connectivity index (χ1n) is 8.19. The van der Waals surface area contributed by atoms with Crippen molar-refractivity contribution in [3.63, 3.8) is 0 Å². The molecule has 8 nitrogen and oxygen atoms in total. The van der Waals surface area contributed by atoms with E-state index in [9.17, 15) is 14.0 Å². The summed E-state index contributed by atoms with van der Waals surface area (Å²) >= 11 is 0. The third-order valence-corrected chi connectivity index (χ3v) is 4.10. The van der Waals surface area contributed by atoms with Gasteiger partial charge in [-0.2, -0.15) is 4.98 Å². The number of H-pyrrole nitrogens is 1. The molecule has 0 unspecified atom stereocenters. The predicted octanol–water partition coefficient (Wildman–Crippen LogP) is 0.584. The Kier molecular flexibility index (Phi) is 4.90. The van der Waals surface area contributed by atoms with Crippen LogP contribution in [0.2, 0.25) is 0 Å². The predicted molar refractivity (Wildman–Crippen MR) is 98.1 cm³/mol. The van der Waals surface area contributed by atoms with Crippen molar-refractivity contribution in [2.24, 2.45) is 7.05 Å². The van der Waals surface area contributed by atoms with Crippen LogP contribution in [0.25, 0.3) is 11.2 Å². The molecule has 0 bridgehead atoms. The van der Waals surface area contributed by atoms with Crippen LogP contribution < -0.4 is 16.6 Å². The van der Waals surface area contributed by atoms with Crippen LogP contribution in [0.5, 0.6) is 0 Å². The lowest BCUT2D eigenvalue weighted by atomic mass is 10.2. The molecule has 9 heteroatoms. The largest absolute Gasteiger partial charge is 0.354 e. The van der Waals surface area contributed by atoms with Gasteiger partial charge in [0.05, 0.1) is 6.54 Å². The monoisotopic (exact) mass is 360 g/mol. The zero-order chi connectivity index (χ0) is 18.8. The molecular weight excluding hydrogens is 339 g/mol. The van der Waals surface area contributed by atoms with Crippen molar-refractivity contribution in [1.82, 2.24) is 24.0 Å². The molecule has 0 aliphatic carbocycles. The average Bonchev–Trinajstić information content (AvgIpc) is 2.94. The summed E-state index contributed by atoms with van der Waals surface area (Å²) in [5.41, 5.74) is 0.388. The van der Waals surface area contributed by atoms with Crippen molar-refractivity contribution < 1.29 is 4.39 Å². The maximum absolute atomic E-state index is 13.2. The lowest BCUT2D eigenvalue weighted by Crippen LogP contribution is -2.29. The van der Waals surface area contributed by atoms with Crippen molar-refractivity contribution in [1.29, 1.82) is 0 Å². The number of halogens is 1. The van der Waals surface area contributed by atoms with E-state index in [1.54, 1.807) is 23.7 Å². The number of nitrogens with one attached hydrogen (secondary N) is 2. The lowest BCUT2D eigenvalue weighted by Gasteiger charge is -2.13. The fourth-order valence-electron chi connectivity index (χ4n) is 2.69. The van der Waals surface area contributed by atoms with E-state index >= 15 is 0 Å². The number of aromatic nitrogens is 4. The maximum Gasteiger partial charge on any atom is 0.329 e. The number of nitrogens with zero attached hydrogens (tertiary/aromatic N) is 4. The fraction of sp³-hybridized carbons (Fsp3) is 0.353. The molecule has 3 aromatic rings. The number of aryl methyl sites for hydroxylation is 1. The van der Waals surface area contributed by atoms with E-state index in [1.807, 2.05) is 19.0 Å². The van der Waals surface area contributed by atoms with Crippen molar-refractivity contribution >= 4 is 17.1 Å². The molecule has 0 atom stereocenters. The molecule has 0 fully saturated rings. The molecule has 2 N–H and O–H groups in total. The van der Waals surface area contributed by atoms with Crippen LogP contribution in [0, 0.1) is 5.82 Å². The van der Waals surface area contributed by atoms with Crippen LogP contribution in [0.15, 0.2) is 33.9 Å². The minimum Gasteiger partial charge on any atom is -0.354 e. The topological polar surface area (TPSA) is 88.0 Å². The molecule has 0 radical (unpaired) electrons. The van der Waals surface area contributed by atoms with E-state index in [-0.39, 0.29) is 5.82 Å². The summed E-state index contributed by atoms with van der Waals surface area (Å²) in [5.74, 6) is 0.159. The molecular formula is C17H21FN6O2. The van der Waals surface area contributed by atoms with Gasteiger partial charge in [0.15, 0.2) is 11.2 Å². The first-order valence-corrected chi connectivity index (χ1v) is 8.19. The third-order valence-electron chi connectivity index (χ3n) is 4.10. The van der Waals surface area contributed by atoms with Gasteiger partial charge in [0.1, 0.15) is 5.82 Å². The number of hydrogen-bond donors (Lipinski definition) is 2. The third kappa shape index (κ3) is 3.52. The van der Waals surface area contributed by atoms with Crippen LogP contribution in [-0.2, 0) is 13.6 Å². The normalized spacial score (nSPS) is 11.4. The van der Waals surface area contributed by atoms with Gasteiger partial charge in [-0.05, 0) is 31.8 Å². The number of aromatic amines is 1. The van der Waals surface area contributed by atoms with Gasteiger partial charge in [-0.1, -0.05) is 12.1 Å². The van der Waals surface area contributed by atoms with E-state index in [1.165, 1.54) is 16.7 Å². The summed E-state index contributed by atoms with van der Waals surface area (Å²) in [6.45, 7) is 1.71. The number of fused-ring (bicyclic) bond motifs is 1. The maximum atomic E-state index is 13.2. The van der Waals surface area contributed by atoms with Gasteiger partial charge in [0, 0.05) is 20.1 Å². The van der Waals surface area contributed by atoms with Crippen LogP contribution in [0.1, 0.15) is 5.56 Å². The van der Waals surface area contributed by atoms with Gasteiger partial charge in [-0.3, -0.25) is 18.9 Å². The van der Waals surface area contributed by atoms with Gasteiger partial charge in [0.2, 0.25) is 5.95 Å². The molecule has 0 spiro atoms. The molecule has 0 saturated heterocycles. The summed E-state index contributed by atoms with van der Waals surface area (Å²) < 4.78 is 16.2. The van der Waals surface area contributed by atoms with Gasteiger partial charge >= 0.3 is 5.69 Å². The number of benzene rings is 1. The Morgan fingerprint density at radius 1 is 1.23 bits per heavy atom. The summed E-state index contributed by atoms with van der Waals surface area (Å²) in [5, 5.41) is 3.21. The van der Waals surface area contributed by atoms with E-state index in [4.69, 9.17) is 0 Å². The molecule has 0 aliphatic rings. The highest BCUT2D eigenvalue weighted by Crippen LogP contribution is 2.17. The van der Waals surface area contributed by atoms with Crippen LogP contribution >= 0.6 is 0 Å². The van der Waals surface area contributed by atoms with E-state index < -0.39 is 11.2 Å². The quantitative estimate of drug-likeness (QED) is 0.672. The minimum absolute atomic E-state index is 0.295. The van der Waals surface area contributed by atoms with Crippen molar-refractivity contribution in [3.8, 4) is 0 Å². The van der Waals surface area contributed by atoms with Gasteiger partial charge in [-0.15, -0.1) is 0 Å². The standard InChI is InChI=1S/C17H21FN6O2/c1-22(2)9-8-19-16-20-14-13(15(25)21-17(26)23(14)3)24(16)10-11-4-6-12(18)7-5-11/h4-7H,8-10H2,1-3H3,(H,19,20)(H,21,25,26). The second-order valence-electron chi connectivity index (χ2n) is 6.37. The average molecular weight is 360 g/mol. The number of anilines is 1. The minimum atomic E-state index is -0.520. The molecule has 2 aromatic heterocycles. The summed E-state index contributed by atoms with van der Waals surface area (Å²) in [7, 11) is 5.47. The van der Waals surface area contributed by atoms with E-state index in [0.29, 0.717) is 30.2 Å².